The van der Waals surface area contributed by atoms with Crippen molar-refractivity contribution in [3.8, 4) is 0 Å². The van der Waals surface area contributed by atoms with Gasteiger partial charge in [0.2, 0.25) is 0 Å². The van der Waals surface area contributed by atoms with Crippen LogP contribution >= 0.6 is 0 Å². The fraction of sp³-hybridized carbons (Fsp3) is 0.889. The Morgan fingerprint density at radius 1 is 1.05 bits per heavy atom. The highest BCUT2D eigenvalue weighted by molar-refractivity contribution is 4.74. The van der Waals surface area contributed by atoms with Crippen LogP contribution in [-0.2, 0) is 0 Å². The van der Waals surface area contributed by atoms with E-state index in [1.165, 1.54) is 64.2 Å². The molecule has 0 aliphatic carbocycles. The number of nitrogens with two attached hydrogens (primary N) is 1. The van der Waals surface area contributed by atoms with Crippen molar-refractivity contribution in [2.45, 2.75) is 91.0 Å². The van der Waals surface area contributed by atoms with Crippen LogP contribution in [0.2, 0.25) is 0 Å². The van der Waals surface area contributed by atoms with Gasteiger partial charge in [-0.25, -0.2) is 0 Å². The average Bonchev–Trinajstić information content (AvgIpc) is 2.38. The molecule has 0 aromatic rings. The molecule has 0 saturated carbocycles. The summed E-state index contributed by atoms with van der Waals surface area (Å²) in [7, 11) is 0. The van der Waals surface area contributed by atoms with Gasteiger partial charge in [-0.3, -0.25) is 0 Å². The summed E-state index contributed by atoms with van der Waals surface area (Å²) in [6.07, 6.45) is 14.9. The Morgan fingerprint density at radius 3 is 2.32 bits per heavy atom. The number of unbranched alkanes of at least 4 members (excludes halogenated alkanes) is 2. The van der Waals surface area contributed by atoms with Gasteiger partial charge in [-0.15, -0.1) is 6.58 Å². The van der Waals surface area contributed by atoms with E-state index in [1.54, 1.807) is 0 Å². The van der Waals surface area contributed by atoms with Crippen molar-refractivity contribution in [3.63, 3.8) is 0 Å². The maximum Gasteiger partial charge on any atom is 0.00388 e. The topological polar surface area (TPSA) is 26.0 Å². The van der Waals surface area contributed by atoms with Crippen LogP contribution in [0.4, 0.5) is 0 Å². The fourth-order valence-corrected chi connectivity index (χ4v) is 2.88. The highest BCUT2D eigenvalue weighted by Gasteiger charge is 2.11. The third kappa shape index (κ3) is 11.2. The smallest absolute Gasteiger partial charge is 0.00388 e. The van der Waals surface area contributed by atoms with Crippen molar-refractivity contribution in [2.24, 2.45) is 17.6 Å². The average molecular weight is 268 g/mol. The molecule has 0 bridgehead atoms. The Labute approximate surface area is 122 Å². The van der Waals surface area contributed by atoms with Gasteiger partial charge in [0, 0.05) is 6.04 Å². The summed E-state index contributed by atoms with van der Waals surface area (Å²) in [5, 5.41) is 0. The summed E-state index contributed by atoms with van der Waals surface area (Å²) in [4.78, 5) is 0. The molecule has 0 saturated heterocycles. The molecule has 0 aliphatic heterocycles. The lowest BCUT2D eigenvalue weighted by Crippen LogP contribution is -2.19. The first-order valence-corrected chi connectivity index (χ1v) is 8.50. The zero-order valence-electron chi connectivity index (χ0n) is 13.7. The second-order valence-electron chi connectivity index (χ2n) is 6.33. The van der Waals surface area contributed by atoms with Gasteiger partial charge in [0.1, 0.15) is 0 Å². The van der Waals surface area contributed by atoms with Gasteiger partial charge < -0.3 is 5.73 Å². The highest BCUT2D eigenvalue weighted by Crippen LogP contribution is 2.23. The van der Waals surface area contributed by atoms with Crippen molar-refractivity contribution in [3.05, 3.63) is 12.7 Å². The van der Waals surface area contributed by atoms with Crippen LogP contribution in [0.1, 0.15) is 85.0 Å². The fourth-order valence-electron chi connectivity index (χ4n) is 2.88. The van der Waals surface area contributed by atoms with E-state index in [0.717, 1.165) is 11.8 Å². The van der Waals surface area contributed by atoms with Gasteiger partial charge >= 0.3 is 0 Å². The summed E-state index contributed by atoms with van der Waals surface area (Å²) < 4.78 is 0. The first-order chi connectivity index (χ1) is 9.13. The molecule has 0 rings (SSSR count). The van der Waals surface area contributed by atoms with E-state index in [4.69, 9.17) is 5.73 Å². The van der Waals surface area contributed by atoms with Gasteiger partial charge in [0.25, 0.3) is 0 Å². The van der Waals surface area contributed by atoms with Crippen LogP contribution < -0.4 is 5.73 Å². The van der Waals surface area contributed by atoms with E-state index in [9.17, 15) is 0 Å². The molecular weight excluding hydrogens is 230 g/mol. The van der Waals surface area contributed by atoms with Crippen LogP contribution in [0.25, 0.3) is 0 Å². The number of rotatable bonds is 13. The lowest BCUT2D eigenvalue weighted by Gasteiger charge is -2.19. The number of hydrogen-bond acceptors (Lipinski definition) is 1. The molecule has 0 amide bonds. The molecule has 1 heteroatoms. The number of allylic oxidation sites excluding steroid dienone is 1. The Hall–Kier alpha value is -0.300. The molecule has 0 fully saturated rings. The van der Waals surface area contributed by atoms with Crippen LogP contribution in [0.3, 0.4) is 0 Å². The maximum absolute atomic E-state index is 6.16. The van der Waals surface area contributed by atoms with Gasteiger partial charge in [-0.2, -0.15) is 0 Å². The molecule has 1 nitrogen and oxygen atoms in total. The molecule has 0 radical (unpaired) electrons. The van der Waals surface area contributed by atoms with E-state index in [1.807, 2.05) is 0 Å². The van der Waals surface area contributed by atoms with Gasteiger partial charge in [0.05, 0.1) is 0 Å². The maximum atomic E-state index is 6.16. The van der Waals surface area contributed by atoms with Crippen molar-refractivity contribution < 1.29 is 0 Å². The Kier molecular flexibility index (Phi) is 12.5. The molecular formula is C18H37N. The molecule has 0 aromatic carbocycles. The van der Waals surface area contributed by atoms with Crippen molar-refractivity contribution in [1.29, 1.82) is 0 Å². The first-order valence-electron chi connectivity index (χ1n) is 8.50. The van der Waals surface area contributed by atoms with Crippen LogP contribution in [0.5, 0.6) is 0 Å². The standard InChI is InChI=1S/C18H37N/c1-5-8-9-13-18(19)14-10-12-16(4)15-17(7-3)11-6-2/h6,16-18H,2,5,7-15,19H2,1,3-4H3. The minimum Gasteiger partial charge on any atom is -0.328 e. The van der Waals surface area contributed by atoms with E-state index in [0.29, 0.717) is 6.04 Å². The predicted octanol–water partition coefficient (Wildman–Crippen LogP) is 5.69. The third-order valence-corrected chi connectivity index (χ3v) is 4.26. The Morgan fingerprint density at radius 2 is 1.74 bits per heavy atom. The second-order valence-corrected chi connectivity index (χ2v) is 6.33. The van der Waals surface area contributed by atoms with Crippen LogP contribution in [-0.4, -0.2) is 6.04 Å². The molecule has 0 aromatic heterocycles. The summed E-state index contributed by atoms with van der Waals surface area (Å²) >= 11 is 0. The van der Waals surface area contributed by atoms with Gasteiger partial charge in [-0.05, 0) is 37.5 Å². The van der Waals surface area contributed by atoms with Gasteiger partial charge in [0.15, 0.2) is 0 Å². The van der Waals surface area contributed by atoms with E-state index in [-0.39, 0.29) is 0 Å². The summed E-state index contributed by atoms with van der Waals surface area (Å²) in [6, 6.07) is 0.439. The minimum absolute atomic E-state index is 0.439. The molecule has 114 valence electrons. The molecule has 2 N–H and O–H groups in total. The largest absolute Gasteiger partial charge is 0.328 e. The molecule has 3 unspecified atom stereocenters. The third-order valence-electron chi connectivity index (χ3n) is 4.26. The molecule has 0 aliphatic rings. The Bertz CT molecular complexity index is 200. The lowest BCUT2D eigenvalue weighted by molar-refractivity contribution is 0.352. The second kappa shape index (κ2) is 12.7. The normalized spacial score (nSPS) is 16.0. The Balaban J connectivity index is 3.60. The lowest BCUT2D eigenvalue weighted by atomic mass is 9.88. The molecule has 3 atom stereocenters. The summed E-state index contributed by atoms with van der Waals surface area (Å²) in [5.74, 6) is 1.68. The van der Waals surface area contributed by atoms with Crippen molar-refractivity contribution >= 4 is 0 Å². The van der Waals surface area contributed by atoms with Crippen LogP contribution in [0, 0.1) is 11.8 Å². The SMILES string of the molecule is C=CCC(CC)CC(C)CCCC(N)CCCCC. The minimum atomic E-state index is 0.439. The highest BCUT2D eigenvalue weighted by atomic mass is 14.6. The van der Waals surface area contributed by atoms with Crippen LogP contribution in [0.15, 0.2) is 12.7 Å². The molecule has 0 heterocycles. The molecule has 19 heavy (non-hydrogen) atoms. The van der Waals surface area contributed by atoms with Gasteiger partial charge in [-0.1, -0.05) is 65.4 Å². The monoisotopic (exact) mass is 267 g/mol. The summed E-state index contributed by atoms with van der Waals surface area (Å²) in [6.45, 7) is 10.8. The van der Waals surface area contributed by atoms with E-state index < -0.39 is 0 Å². The molecule has 0 spiro atoms. The first kappa shape index (κ1) is 18.7. The zero-order valence-corrected chi connectivity index (χ0v) is 13.7. The quantitative estimate of drug-likeness (QED) is 0.336. The predicted molar refractivity (Wildman–Crippen MR) is 88.3 cm³/mol. The van der Waals surface area contributed by atoms with Crippen molar-refractivity contribution in [2.75, 3.05) is 0 Å². The van der Waals surface area contributed by atoms with E-state index in [2.05, 4.69) is 33.4 Å². The van der Waals surface area contributed by atoms with E-state index >= 15 is 0 Å². The van der Waals surface area contributed by atoms with Crippen molar-refractivity contribution in [1.82, 2.24) is 0 Å². The zero-order chi connectivity index (χ0) is 14.5. The summed E-state index contributed by atoms with van der Waals surface area (Å²) in [5.41, 5.74) is 6.16. The number of hydrogen-bond donors (Lipinski definition) is 1.